The Morgan fingerprint density at radius 3 is 2.27 bits per heavy atom. The van der Waals surface area contributed by atoms with Gasteiger partial charge in [0.1, 0.15) is 10.8 Å². The van der Waals surface area contributed by atoms with Crippen molar-refractivity contribution in [3.8, 4) is 0 Å². The van der Waals surface area contributed by atoms with Crippen LogP contribution in [0.25, 0.3) is 0 Å². The van der Waals surface area contributed by atoms with Crippen LogP contribution in [-0.2, 0) is 0 Å². The fourth-order valence-corrected chi connectivity index (χ4v) is 1.89. The summed E-state index contributed by atoms with van der Waals surface area (Å²) in [5, 5.41) is 2.95. The Bertz CT molecular complexity index is 670. The maximum atomic E-state index is 12.3. The topological polar surface area (TPSA) is 59.1 Å². The van der Waals surface area contributed by atoms with Gasteiger partial charge in [-0.1, -0.05) is 43.6 Å². The van der Waals surface area contributed by atoms with Crippen LogP contribution in [0.1, 0.15) is 47.2 Å². The number of nitrogens with one attached hydrogen (secondary N) is 1. The van der Waals surface area contributed by atoms with Crippen LogP contribution in [0.5, 0.6) is 0 Å². The Hall–Kier alpha value is -2.20. The molecular weight excluding hydrogens is 300 g/mol. The predicted octanol–water partition coefficient (Wildman–Crippen LogP) is 4.52. The van der Waals surface area contributed by atoms with Gasteiger partial charge >= 0.3 is 0 Å². The van der Waals surface area contributed by atoms with Gasteiger partial charge in [-0.15, -0.1) is 0 Å². The number of ketones is 1. The number of carbonyl (C=O) groups excluding carboxylic acids is 2. The summed E-state index contributed by atoms with van der Waals surface area (Å²) in [7, 11) is 0. The lowest BCUT2D eigenvalue weighted by Gasteiger charge is -2.09. The molecule has 116 valence electrons. The lowest BCUT2D eigenvalue weighted by molar-refractivity contribution is 0.0981. The molecule has 2 aromatic rings. The number of benzene rings is 1. The fraction of sp³-hybridized carbons (Fsp3) is 0.235. The van der Waals surface area contributed by atoms with Crippen LogP contribution in [0.15, 0.2) is 36.4 Å². The normalized spacial score (nSPS) is 9.50. The molecule has 1 aromatic heterocycles. The van der Waals surface area contributed by atoms with E-state index in [0.29, 0.717) is 11.3 Å². The Kier molecular flexibility index (Phi) is 6.73. The van der Waals surface area contributed by atoms with Crippen molar-refractivity contribution in [3.63, 3.8) is 0 Å². The minimum Gasteiger partial charge on any atom is -0.322 e. The number of aryl methyl sites for hydroxylation is 1. The second-order valence-corrected chi connectivity index (χ2v) is 4.73. The van der Waals surface area contributed by atoms with Crippen LogP contribution in [0, 0.1) is 6.92 Å². The SMILES string of the molecule is CC.CC(=O)c1nc(Cl)c(C)cc1C(=O)Nc1ccccc1. The lowest BCUT2D eigenvalue weighted by atomic mass is 10.1. The third kappa shape index (κ3) is 4.40. The summed E-state index contributed by atoms with van der Waals surface area (Å²) in [4.78, 5) is 27.8. The van der Waals surface area contributed by atoms with E-state index in [1.165, 1.54) is 6.92 Å². The van der Waals surface area contributed by atoms with Crippen molar-refractivity contribution < 1.29 is 9.59 Å². The number of hydrogen-bond donors (Lipinski definition) is 1. The molecule has 0 atom stereocenters. The van der Waals surface area contributed by atoms with Gasteiger partial charge in [-0.2, -0.15) is 0 Å². The van der Waals surface area contributed by atoms with Crippen LogP contribution in [0.3, 0.4) is 0 Å². The van der Waals surface area contributed by atoms with E-state index in [4.69, 9.17) is 11.6 Å². The molecule has 1 amide bonds. The van der Waals surface area contributed by atoms with E-state index in [9.17, 15) is 9.59 Å². The van der Waals surface area contributed by atoms with Crippen LogP contribution < -0.4 is 5.32 Å². The molecule has 0 saturated carbocycles. The third-order valence-corrected chi connectivity index (χ3v) is 3.14. The molecule has 5 heteroatoms. The quantitative estimate of drug-likeness (QED) is 0.668. The summed E-state index contributed by atoms with van der Waals surface area (Å²) >= 11 is 5.90. The molecule has 1 N–H and O–H groups in total. The number of anilines is 1. The zero-order valence-corrected chi connectivity index (χ0v) is 13.9. The van der Waals surface area contributed by atoms with Crippen LogP contribution in [0.4, 0.5) is 5.69 Å². The number of pyridine rings is 1. The van der Waals surface area contributed by atoms with Gasteiger partial charge in [0.05, 0.1) is 5.56 Å². The van der Waals surface area contributed by atoms with Crippen LogP contribution >= 0.6 is 11.6 Å². The summed E-state index contributed by atoms with van der Waals surface area (Å²) in [5.41, 5.74) is 1.60. The number of rotatable bonds is 3. The summed E-state index contributed by atoms with van der Waals surface area (Å²) in [5.74, 6) is -0.682. The molecule has 1 heterocycles. The monoisotopic (exact) mass is 318 g/mol. The van der Waals surface area contributed by atoms with E-state index in [1.54, 1.807) is 25.1 Å². The van der Waals surface area contributed by atoms with E-state index >= 15 is 0 Å². The summed E-state index contributed by atoms with van der Waals surface area (Å²) < 4.78 is 0. The molecule has 1 aromatic carbocycles. The van der Waals surface area contributed by atoms with Crippen molar-refractivity contribution in [1.82, 2.24) is 4.98 Å². The Balaban J connectivity index is 0.00000116. The predicted molar refractivity (Wildman–Crippen MR) is 89.7 cm³/mol. The van der Waals surface area contributed by atoms with E-state index in [0.717, 1.165) is 0 Å². The fourth-order valence-electron chi connectivity index (χ4n) is 1.75. The van der Waals surface area contributed by atoms with Crippen LogP contribution in [-0.4, -0.2) is 16.7 Å². The number of halogens is 1. The molecule has 0 aliphatic carbocycles. The average Bonchev–Trinajstić information content (AvgIpc) is 2.52. The highest BCUT2D eigenvalue weighted by Gasteiger charge is 2.18. The number of para-hydroxylation sites is 1. The van der Waals surface area contributed by atoms with E-state index in [2.05, 4.69) is 10.3 Å². The summed E-state index contributed by atoms with van der Waals surface area (Å²) in [6, 6.07) is 10.6. The number of nitrogens with zero attached hydrogens (tertiary/aromatic N) is 1. The van der Waals surface area contributed by atoms with Gasteiger partial charge in [0.15, 0.2) is 5.78 Å². The standard InChI is InChI=1S/C15H13ClN2O2.C2H6/c1-9-8-12(13(10(2)19)18-14(9)16)15(20)17-11-6-4-3-5-7-11;1-2/h3-8H,1-2H3,(H,17,20);1-2H3. The third-order valence-electron chi connectivity index (χ3n) is 2.76. The van der Waals surface area contributed by atoms with Gasteiger partial charge in [0.2, 0.25) is 0 Å². The van der Waals surface area contributed by atoms with Gasteiger partial charge in [0, 0.05) is 12.6 Å². The van der Waals surface area contributed by atoms with Crippen molar-refractivity contribution in [2.24, 2.45) is 0 Å². The van der Waals surface area contributed by atoms with Gasteiger partial charge in [-0.05, 0) is 30.7 Å². The Labute approximate surface area is 135 Å². The highest BCUT2D eigenvalue weighted by atomic mass is 35.5. The van der Waals surface area contributed by atoms with E-state index in [-0.39, 0.29) is 28.1 Å². The molecule has 0 fully saturated rings. The summed E-state index contributed by atoms with van der Waals surface area (Å²) in [6.07, 6.45) is 0. The van der Waals surface area contributed by atoms with Crippen molar-refractivity contribution >= 4 is 29.0 Å². The Morgan fingerprint density at radius 2 is 1.73 bits per heavy atom. The first-order chi connectivity index (χ1) is 10.5. The zero-order chi connectivity index (χ0) is 16.7. The number of carbonyl (C=O) groups is 2. The summed E-state index contributed by atoms with van der Waals surface area (Å²) in [6.45, 7) is 7.09. The largest absolute Gasteiger partial charge is 0.322 e. The second-order valence-electron chi connectivity index (χ2n) is 4.37. The van der Waals surface area contributed by atoms with Crippen molar-refractivity contribution in [3.05, 3.63) is 58.4 Å². The first-order valence-corrected chi connectivity index (χ1v) is 7.41. The van der Waals surface area contributed by atoms with Crippen molar-refractivity contribution in [1.29, 1.82) is 0 Å². The van der Waals surface area contributed by atoms with Gasteiger partial charge in [-0.3, -0.25) is 9.59 Å². The molecule has 22 heavy (non-hydrogen) atoms. The number of aromatic nitrogens is 1. The number of amides is 1. The second kappa shape index (κ2) is 8.29. The molecule has 0 aliphatic heterocycles. The first kappa shape index (κ1) is 17.9. The molecule has 0 spiro atoms. The average molecular weight is 319 g/mol. The van der Waals surface area contributed by atoms with E-state index < -0.39 is 0 Å². The maximum Gasteiger partial charge on any atom is 0.258 e. The highest BCUT2D eigenvalue weighted by molar-refractivity contribution is 6.30. The lowest BCUT2D eigenvalue weighted by Crippen LogP contribution is -2.17. The van der Waals surface area contributed by atoms with Gasteiger partial charge < -0.3 is 5.32 Å². The van der Waals surface area contributed by atoms with Gasteiger partial charge in [-0.25, -0.2) is 4.98 Å². The number of Topliss-reactive ketones (excluding diaryl/α,β-unsaturated/α-hetero) is 1. The molecule has 0 unspecified atom stereocenters. The minimum absolute atomic E-state index is 0.0778. The zero-order valence-electron chi connectivity index (χ0n) is 13.1. The Morgan fingerprint density at radius 1 is 1.14 bits per heavy atom. The highest BCUT2D eigenvalue weighted by Crippen LogP contribution is 2.19. The molecule has 0 bridgehead atoms. The first-order valence-electron chi connectivity index (χ1n) is 7.03. The molecule has 0 radical (unpaired) electrons. The molecular formula is C17H19ClN2O2. The van der Waals surface area contributed by atoms with E-state index in [1.807, 2.05) is 32.0 Å². The van der Waals surface area contributed by atoms with Crippen LogP contribution in [0.2, 0.25) is 5.15 Å². The molecule has 4 nitrogen and oxygen atoms in total. The number of hydrogen-bond acceptors (Lipinski definition) is 3. The smallest absolute Gasteiger partial charge is 0.258 e. The maximum absolute atomic E-state index is 12.3. The van der Waals surface area contributed by atoms with Crippen molar-refractivity contribution in [2.45, 2.75) is 27.7 Å². The molecule has 2 rings (SSSR count). The van der Waals surface area contributed by atoms with Gasteiger partial charge in [0.25, 0.3) is 5.91 Å². The minimum atomic E-state index is -0.381. The molecule has 0 aliphatic rings. The van der Waals surface area contributed by atoms with Crippen molar-refractivity contribution in [2.75, 3.05) is 5.32 Å². The molecule has 0 saturated heterocycles.